The Hall–Kier alpha value is -2.63. The van der Waals surface area contributed by atoms with Crippen molar-refractivity contribution in [3.8, 4) is 16.9 Å². The summed E-state index contributed by atoms with van der Waals surface area (Å²) in [6.07, 6.45) is 0.869. The summed E-state index contributed by atoms with van der Waals surface area (Å²) >= 11 is 1.69. The highest BCUT2D eigenvalue weighted by Gasteiger charge is 2.45. The van der Waals surface area contributed by atoms with Crippen LogP contribution in [0.25, 0.3) is 11.1 Å². The third kappa shape index (κ3) is 4.21. The number of aliphatic hydroxyl groups is 1. The lowest BCUT2D eigenvalue weighted by Gasteiger charge is -2.20. The number of aryl methyl sites for hydroxylation is 1. The maximum Gasteiger partial charge on any atom is 0.224 e. The van der Waals surface area contributed by atoms with Crippen LogP contribution in [0.1, 0.15) is 34.4 Å². The average molecular weight is 408 g/mol. The maximum atomic E-state index is 12.7. The molecule has 2 aromatic carbocycles. The van der Waals surface area contributed by atoms with Crippen molar-refractivity contribution >= 4 is 17.2 Å². The minimum atomic E-state index is -0.492. The monoisotopic (exact) mass is 407 g/mol. The van der Waals surface area contributed by atoms with E-state index in [2.05, 4.69) is 42.6 Å². The van der Waals surface area contributed by atoms with E-state index in [1.807, 2.05) is 29.6 Å². The maximum absolute atomic E-state index is 12.7. The van der Waals surface area contributed by atoms with Crippen LogP contribution in [-0.2, 0) is 4.79 Å². The zero-order valence-corrected chi connectivity index (χ0v) is 17.4. The molecule has 0 saturated heterocycles. The van der Waals surface area contributed by atoms with E-state index in [0.29, 0.717) is 11.7 Å². The minimum Gasteiger partial charge on any atom is -0.496 e. The molecule has 3 unspecified atom stereocenters. The van der Waals surface area contributed by atoms with Crippen molar-refractivity contribution in [3.63, 3.8) is 0 Å². The number of nitrogens with one attached hydrogen (secondary N) is 1. The summed E-state index contributed by atoms with van der Waals surface area (Å²) < 4.78 is 5.59. The molecule has 2 N–H and O–H groups in total. The van der Waals surface area contributed by atoms with Crippen LogP contribution in [0.5, 0.6) is 5.75 Å². The van der Waals surface area contributed by atoms with Gasteiger partial charge in [0.25, 0.3) is 0 Å². The second-order valence-electron chi connectivity index (χ2n) is 7.53. The van der Waals surface area contributed by atoms with Crippen molar-refractivity contribution < 1.29 is 14.6 Å². The van der Waals surface area contributed by atoms with Gasteiger partial charge in [0, 0.05) is 22.3 Å². The minimum absolute atomic E-state index is 0.00730. The zero-order chi connectivity index (χ0) is 20.4. The largest absolute Gasteiger partial charge is 0.496 e. The Kier molecular flexibility index (Phi) is 5.69. The Bertz CT molecular complexity index is 982. The van der Waals surface area contributed by atoms with Crippen LogP contribution in [0.2, 0.25) is 0 Å². The number of benzene rings is 2. The molecular formula is C24H25NO3S. The molecule has 0 radical (unpaired) electrons. The smallest absolute Gasteiger partial charge is 0.224 e. The molecule has 1 heterocycles. The molecule has 0 spiro atoms. The molecule has 4 nitrogen and oxygen atoms in total. The number of hydrogen-bond donors (Lipinski definition) is 2. The molecule has 4 rings (SSSR count). The van der Waals surface area contributed by atoms with Crippen LogP contribution < -0.4 is 10.1 Å². The number of thiophene rings is 1. The first-order valence-electron chi connectivity index (χ1n) is 9.80. The predicted molar refractivity (Wildman–Crippen MR) is 116 cm³/mol. The summed E-state index contributed by atoms with van der Waals surface area (Å²) in [5.41, 5.74) is 4.13. The molecule has 1 aliphatic carbocycles. The van der Waals surface area contributed by atoms with E-state index in [4.69, 9.17) is 4.74 Å². The number of methoxy groups -OCH3 is 1. The third-order valence-electron chi connectivity index (χ3n) is 5.53. The predicted octanol–water partition coefficient (Wildman–Crippen LogP) is 4.69. The Morgan fingerprint density at radius 1 is 1.21 bits per heavy atom. The Balaban J connectivity index is 1.51. The molecule has 3 aromatic rings. The van der Waals surface area contributed by atoms with E-state index in [-0.39, 0.29) is 18.4 Å². The van der Waals surface area contributed by atoms with Gasteiger partial charge in [0.2, 0.25) is 5.91 Å². The van der Waals surface area contributed by atoms with Crippen LogP contribution >= 0.6 is 11.3 Å². The van der Waals surface area contributed by atoms with Gasteiger partial charge in [-0.3, -0.25) is 4.79 Å². The number of hydrogen-bond acceptors (Lipinski definition) is 4. The first-order chi connectivity index (χ1) is 14.1. The van der Waals surface area contributed by atoms with E-state index >= 15 is 0 Å². The Morgan fingerprint density at radius 2 is 1.97 bits per heavy atom. The van der Waals surface area contributed by atoms with Crippen molar-refractivity contribution in [2.24, 2.45) is 5.92 Å². The molecule has 5 heteroatoms. The van der Waals surface area contributed by atoms with Crippen molar-refractivity contribution in [3.05, 3.63) is 76.0 Å². The van der Waals surface area contributed by atoms with Crippen LogP contribution in [0.3, 0.4) is 0 Å². The topological polar surface area (TPSA) is 58.6 Å². The van der Waals surface area contributed by atoms with Gasteiger partial charge in [-0.15, -0.1) is 11.3 Å². The first kappa shape index (κ1) is 19.7. The molecule has 1 aromatic heterocycles. The molecule has 1 saturated carbocycles. The number of carbonyl (C=O) groups excluding carboxylic acids is 1. The Morgan fingerprint density at radius 3 is 2.62 bits per heavy atom. The standard InChI is InChI=1S/C24H25NO3S/c1-15-5-7-16(8-6-15)17-9-10-18(22(12-17)28-2)21(14-26)25-24(27)20-13-19(20)23-4-3-11-29-23/h3-12,19-21,26H,13-14H2,1-2H3,(H,25,27). The van der Waals surface area contributed by atoms with Crippen LogP contribution in [0.15, 0.2) is 60.0 Å². The lowest BCUT2D eigenvalue weighted by Crippen LogP contribution is -2.32. The molecule has 1 amide bonds. The Labute approximate surface area is 175 Å². The van der Waals surface area contributed by atoms with Gasteiger partial charge in [0.05, 0.1) is 19.8 Å². The van der Waals surface area contributed by atoms with Gasteiger partial charge >= 0.3 is 0 Å². The van der Waals surface area contributed by atoms with Crippen molar-refractivity contribution in [1.29, 1.82) is 0 Å². The normalized spacial score (nSPS) is 18.9. The van der Waals surface area contributed by atoms with E-state index in [1.54, 1.807) is 18.4 Å². The average Bonchev–Trinajstić information content (AvgIpc) is 3.37. The number of aliphatic hydroxyl groups excluding tert-OH is 1. The highest BCUT2D eigenvalue weighted by Crippen LogP contribution is 2.49. The lowest BCUT2D eigenvalue weighted by atomic mass is 9.99. The molecule has 1 aliphatic rings. The van der Waals surface area contributed by atoms with Gasteiger partial charge < -0.3 is 15.2 Å². The van der Waals surface area contributed by atoms with Gasteiger partial charge in [-0.2, -0.15) is 0 Å². The molecule has 150 valence electrons. The molecule has 29 heavy (non-hydrogen) atoms. The van der Waals surface area contributed by atoms with Gasteiger partial charge in [-0.05, 0) is 42.0 Å². The lowest BCUT2D eigenvalue weighted by molar-refractivity contribution is -0.123. The summed E-state index contributed by atoms with van der Waals surface area (Å²) in [5.74, 6) is 0.945. The number of ether oxygens (including phenoxy) is 1. The summed E-state index contributed by atoms with van der Waals surface area (Å²) in [5, 5.41) is 15.0. The highest BCUT2D eigenvalue weighted by molar-refractivity contribution is 7.10. The fraction of sp³-hybridized carbons (Fsp3) is 0.292. The fourth-order valence-electron chi connectivity index (χ4n) is 3.73. The molecule has 1 fully saturated rings. The second-order valence-corrected chi connectivity index (χ2v) is 8.51. The summed E-state index contributed by atoms with van der Waals surface area (Å²) in [7, 11) is 1.61. The number of rotatable bonds is 7. The SMILES string of the molecule is COc1cc(-c2ccc(C)cc2)ccc1C(CO)NC(=O)C1CC1c1cccs1. The van der Waals surface area contributed by atoms with Crippen molar-refractivity contribution in [2.45, 2.75) is 25.3 Å². The van der Waals surface area contributed by atoms with Gasteiger partial charge in [-0.1, -0.05) is 48.0 Å². The van der Waals surface area contributed by atoms with Crippen LogP contribution in [0.4, 0.5) is 0 Å². The molecule has 0 aliphatic heterocycles. The van der Waals surface area contributed by atoms with Crippen LogP contribution in [-0.4, -0.2) is 24.7 Å². The van der Waals surface area contributed by atoms with E-state index in [9.17, 15) is 9.90 Å². The first-order valence-corrected chi connectivity index (χ1v) is 10.7. The third-order valence-corrected chi connectivity index (χ3v) is 6.53. The van der Waals surface area contributed by atoms with Crippen molar-refractivity contribution in [2.75, 3.05) is 13.7 Å². The number of amides is 1. The molecular weight excluding hydrogens is 382 g/mol. The molecule has 0 bridgehead atoms. The van der Waals surface area contributed by atoms with E-state index in [0.717, 1.165) is 23.1 Å². The highest BCUT2D eigenvalue weighted by atomic mass is 32.1. The fourth-order valence-corrected chi connectivity index (χ4v) is 4.63. The summed E-state index contributed by atoms with van der Waals surface area (Å²) in [6, 6.07) is 17.8. The van der Waals surface area contributed by atoms with E-state index in [1.165, 1.54) is 10.4 Å². The van der Waals surface area contributed by atoms with Crippen molar-refractivity contribution in [1.82, 2.24) is 5.32 Å². The van der Waals surface area contributed by atoms with E-state index < -0.39 is 6.04 Å². The van der Waals surface area contributed by atoms with Gasteiger partial charge in [0.15, 0.2) is 0 Å². The summed E-state index contributed by atoms with van der Waals surface area (Å²) in [4.78, 5) is 14.0. The second kappa shape index (κ2) is 8.39. The van der Waals surface area contributed by atoms with Gasteiger partial charge in [-0.25, -0.2) is 0 Å². The summed E-state index contributed by atoms with van der Waals surface area (Å²) in [6.45, 7) is 1.88. The number of carbonyl (C=O) groups is 1. The zero-order valence-electron chi connectivity index (χ0n) is 16.6. The van der Waals surface area contributed by atoms with Gasteiger partial charge in [0.1, 0.15) is 5.75 Å². The van der Waals surface area contributed by atoms with Crippen LogP contribution in [0, 0.1) is 12.8 Å². The molecule has 3 atom stereocenters. The quantitative estimate of drug-likeness (QED) is 0.598.